The summed E-state index contributed by atoms with van der Waals surface area (Å²) < 4.78 is 111. The van der Waals surface area contributed by atoms with Crippen LogP contribution in [-0.2, 0) is 51.8 Å². The van der Waals surface area contributed by atoms with E-state index in [0.717, 1.165) is 99.8 Å². The summed E-state index contributed by atoms with van der Waals surface area (Å²) in [5.74, 6) is 0. The molecule has 4 aliphatic heterocycles. The second kappa shape index (κ2) is 24.5. The minimum Gasteiger partial charge on any atom is -0.193 e. The van der Waals surface area contributed by atoms with Gasteiger partial charge in [-0.25, -0.2) is 0 Å². The van der Waals surface area contributed by atoms with Gasteiger partial charge in [-0.15, -0.1) is 0 Å². The van der Waals surface area contributed by atoms with Gasteiger partial charge in [-0.1, -0.05) is 203 Å². The van der Waals surface area contributed by atoms with Crippen molar-refractivity contribution in [1.82, 2.24) is 0 Å². The van der Waals surface area contributed by atoms with Crippen molar-refractivity contribution in [3.05, 3.63) is 311 Å². The molecule has 12 aromatic rings. The highest BCUT2D eigenvalue weighted by atomic mass is 15.0. The lowest BCUT2D eigenvalue weighted by Crippen LogP contribution is -2.37. The standard InChI is InChI=1S/2C21H20N.2C20H18N/c1-3-16-8-4-6-10-18(16)20-14-22-13-17-9-5-7-11-19(17)21(22)12-15(20)2;1-3-16-12-21-19-11-7-5-9-17(19)13-22(21)14-20(16)18-10-6-4-8-15(18)2;1-2-15-7-3-5-9-18(15)17-11-12-20-19-10-6-4-8-16(19)13-21(20)14-17;1-2-19-18(15-8-4-3-5-9-15)12-13-20-17-11-7-6-10-16(17)14-21(19)20/h2*4-12,14H,3,13H2,1-2H3;3-12,14H,2,13H2,1H3;3-13H,2,14H2,1H3/q4*+1/i1D3,3D2;2D3;2D2;1D3. The van der Waals surface area contributed by atoms with Gasteiger partial charge in [0, 0.05) is 93.0 Å². The molecule has 8 aromatic carbocycles. The van der Waals surface area contributed by atoms with E-state index in [1.165, 1.54) is 61.5 Å². The minimum absolute atomic E-state index is 0.0685. The summed E-state index contributed by atoms with van der Waals surface area (Å²) in [6.07, 6.45) is 3.42. The smallest absolute Gasteiger partial charge is 0.193 e. The molecule has 0 N–H and O–H groups in total. The third kappa shape index (κ3) is 10.7. The van der Waals surface area contributed by atoms with Gasteiger partial charge in [0.25, 0.3) is 0 Å². The molecule has 4 nitrogen and oxygen atoms in total. The van der Waals surface area contributed by atoms with Gasteiger partial charge in [-0.3, -0.25) is 0 Å². The molecule has 0 spiro atoms. The first kappa shape index (κ1) is 42.2. The molecular weight excluding hydrogens is 1040 g/mol. The largest absolute Gasteiger partial charge is 0.213 e. The fraction of sp³-hybridized carbons (Fsp3) is 0.171. The van der Waals surface area contributed by atoms with E-state index in [0.29, 0.717) is 11.1 Å². The van der Waals surface area contributed by atoms with Gasteiger partial charge in [0.05, 0.1) is 22.3 Å². The Balaban J connectivity index is 0.000000119. The Morgan fingerprint density at radius 3 is 1.45 bits per heavy atom. The maximum Gasteiger partial charge on any atom is 0.213 e. The Bertz CT molecular complexity index is 5050. The molecule has 0 saturated heterocycles. The molecule has 0 bridgehead atoms. The number of benzene rings is 8. The maximum absolute atomic E-state index is 8.24. The molecule has 86 heavy (non-hydrogen) atoms. The monoisotopic (exact) mass is 1130 g/mol. The summed E-state index contributed by atoms with van der Waals surface area (Å²) in [6.45, 7) is 2.06. The first-order valence-corrected chi connectivity index (χ1v) is 29.6. The second-order valence-corrected chi connectivity index (χ2v) is 22.2. The van der Waals surface area contributed by atoms with E-state index in [9.17, 15) is 0 Å². The van der Waals surface area contributed by atoms with Crippen LogP contribution < -0.4 is 18.3 Å². The summed E-state index contributed by atoms with van der Waals surface area (Å²) in [4.78, 5) is 0. The van der Waals surface area contributed by atoms with Crippen LogP contribution in [0.2, 0.25) is 0 Å². The highest BCUT2D eigenvalue weighted by molar-refractivity contribution is 5.76. The zero-order chi connectivity index (χ0) is 69.8. The average molecular weight is 1130 g/mol. The molecule has 4 aliphatic rings. The number of hydrogen-bond donors (Lipinski definition) is 0. The van der Waals surface area contributed by atoms with Crippen LogP contribution in [0.5, 0.6) is 0 Å². The molecule has 8 heterocycles. The molecule has 0 aliphatic carbocycles. The minimum atomic E-state index is -2.74. The van der Waals surface area contributed by atoms with Crippen LogP contribution >= 0.6 is 0 Å². The Morgan fingerprint density at radius 2 is 0.837 bits per heavy atom. The summed E-state index contributed by atoms with van der Waals surface area (Å²) in [5, 5.41) is 0. The molecule has 0 amide bonds. The van der Waals surface area contributed by atoms with Gasteiger partial charge in [0.15, 0.2) is 50.5 Å². The van der Waals surface area contributed by atoms with Crippen LogP contribution in [0.3, 0.4) is 0 Å². The van der Waals surface area contributed by atoms with Crippen LogP contribution in [0, 0.1) is 13.8 Å². The normalized spacial score (nSPS) is 15.1. The first-order valence-electron chi connectivity index (χ1n) is 36.1. The summed E-state index contributed by atoms with van der Waals surface area (Å²) in [7, 11) is 0. The van der Waals surface area contributed by atoms with E-state index in [4.69, 9.17) is 17.8 Å². The first-order chi connectivity index (χ1) is 47.3. The zero-order valence-corrected chi connectivity index (χ0v) is 48.8. The summed E-state index contributed by atoms with van der Waals surface area (Å²) >= 11 is 0. The number of aryl methyl sites for hydroxylation is 5. The maximum atomic E-state index is 8.24. The van der Waals surface area contributed by atoms with Crippen molar-refractivity contribution in [3.63, 3.8) is 0 Å². The fourth-order valence-corrected chi connectivity index (χ4v) is 12.9. The van der Waals surface area contributed by atoms with Gasteiger partial charge in [0.1, 0.15) is 0 Å². The van der Waals surface area contributed by atoms with Gasteiger partial charge < -0.3 is 0 Å². The van der Waals surface area contributed by atoms with Gasteiger partial charge in [-0.2, -0.15) is 18.3 Å². The topological polar surface area (TPSA) is 15.5 Å². The van der Waals surface area contributed by atoms with Crippen molar-refractivity contribution >= 4 is 0 Å². The Morgan fingerprint density at radius 1 is 0.337 bits per heavy atom. The molecule has 0 atom stereocenters. The van der Waals surface area contributed by atoms with E-state index in [1.807, 2.05) is 110 Å². The Labute approximate surface area is 527 Å². The van der Waals surface area contributed by atoms with Crippen LogP contribution in [0.1, 0.15) is 101 Å². The Kier molecular flexibility index (Phi) is 12.0. The van der Waals surface area contributed by atoms with Crippen molar-refractivity contribution in [2.75, 3.05) is 0 Å². The highest BCUT2D eigenvalue weighted by Gasteiger charge is 2.32. The molecule has 4 heteroatoms. The molecule has 0 saturated carbocycles. The van der Waals surface area contributed by atoms with Crippen LogP contribution in [-0.4, -0.2) is 0 Å². The quantitative estimate of drug-likeness (QED) is 0.135. The van der Waals surface area contributed by atoms with Crippen molar-refractivity contribution in [3.8, 4) is 89.5 Å². The number of hydrogen-bond acceptors (Lipinski definition) is 0. The number of rotatable bonds is 8. The highest BCUT2D eigenvalue weighted by Crippen LogP contribution is 2.36. The van der Waals surface area contributed by atoms with Gasteiger partial charge >= 0.3 is 0 Å². The summed E-state index contributed by atoms with van der Waals surface area (Å²) in [6, 6.07) is 78.2. The molecular formula is C82H76N4+4. The molecule has 0 fully saturated rings. The lowest BCUT2D eigenvalue weighted by molar-refractivity contribution is -0.679. The van der Waals surface area contributed by atoms with Crippen molar-refractivity contribution in [2.45, 2.75) is 93.1 Å². The molecule has 16 rings (SSSR count). The van der Waals surface area contributed by atoms with E-state index in [2.05, 4.69) is 147 Å². The summed E-state index contributed by atoms with van der Waals surface area (Å²) in [5.41, 5.74) is 26.6. The third-order valence-corrected chi connectivity index (χ3v) is 17.2. The van der Waals surface area contributed by atoms with Crippen molar-refractivity contribution in [1.29, 1.82) is 0 Å². The van der Waals surface area contributed by atoms with Crippen LogP contribution in [0.25, 0.3) is 89.5 Å². The number of fused-ring (bicyclic) bond motifs is 12. The van der Waals surface area contributed by atoms with Crippen molar-refractivity contribution in [2.24, 2.45) is 0 Å². The zero-order valence-electron chi connectivity index (χ0n) is 61.8. The molecule has 420 valence electrons. The lowest BCUT2D eigenvalue weighted by atomic mass is 9.95. The molecule has 4 aromatic heterocycles. The van der Waals surface area contributed by atoms with E-state index < -0.39 is 33.3 Å². The second-order valence-electron chi connectivity index (χ2n) is 22.2. The number of pyridine rings is 4. The van der Waals surface area contributed by atoms with E-state index in [-0.39, 0.29) is 12.0 Å². The van der Waals surface area contributed by atoms with Crippen LogP contribution in [0.15, 0.2) is 255 Å². The lowest BCUT2D eigenvalue weighted by Gasteiger charge is -2.10. The van der Waals surface area contributed by atoms with E-state index in [1.54, 1.807) is 37.3 Å². The predicted octanol–water partition coefficient (Wildman–Crippen LogP) is 17.5. The van der Waals surface area contributed by atoms with Gasteiger partial charge in [0.2, 0.25) is 22.8 Å². The molecule has 0 radical (unpaired) electrons. The fourth-order valence-electron chi connectivity index (χ4n) is 12.9. The number of nitrogens with zero attached hydrogens (tertiary/aromatic N) is 4. The van der Waals surface area contributed by atoms with Crippen molar-refractivity contribution < 1.29 is 36.1 Å². The van der Waals surface area contributed by atoms with E-state index >= 15 is 0 Å². The SMILES string of the molecule is [2H]C([2H])(C)c1ccccc1-c1ccc2[n+](c1)Cc1ccccc1-2.[2H]C([2H])([2H])C([2H])([2H])c1ccccc1-c1c[n+]2c(cc1C)-c1ccccc1C2.[2H]C([2H])([2H])Cc1c(-c2ccccc2)ccc2[n+]1Cc1ccccc1-2.[2H]C([2H])([2H])c1ccccc1-c1c[n+]2c(cc1CC)-c1ccccc1C2. The van der Waals surface area contributed by atoms with Gasteiger partial charge in [-0.05, 0) is 119 Å². The predicted molar refractivity (Wildman–Crippen MR) is 353 cm³/mol. The molecule has 0 unspecified atom stereocenters. The third-order valence-electron chi connectivity index (χ3n) is 17.2. The Hall–Kier alpha value is -9.64. The van der Waals surface area contributed by atoms with Crippen LogP contribution in [0.4, 0.5) is 0 Å². The number of aromatic nitrogens is 4. The average Bonchev–Trinajstić information content (AvgIpc) is 1.69.